The van der Waals surface area contributed by atoms with Gasteiger partial charge in [-0.3, -0.25) is 9.78 Å². The Morgan fingerprint density at radius 1 is 1.00 bits per heavy atom. The van der Waals surface area contributed by atoms with Gasteiger partial charge in [-0.1, -0.05) is 47.5 Å². The van der Waals surface area contributed by atoms with E-state index < -0.39 is 0 Å². The molecule has 0 amide bonds. The number of fused-ring (bicyclic) bond motifs is 2. The number of aryl methyl sites for hydroxylation is 2. The number of benzene rings is 2. The van der Waals surface area contributed by atoms with Crippen LogP contribution in [0.25, 0.3) is 32.1 Å². The van der Waals surface area contributed by atoms with Crippen LogP contribution in [0.1, 0.15) is 5.69 Å². The van der Waals surface area contributed by atoms with E-state index in [1.807, 2.05) is 35.7 Å². The van der Waals surface area contributed by atoms with Gasteiger partial charge in [0.2, 0.25) is 0 Å². The lowest BCUT2D eigenvalue weighted by atomic mass is 10.1. The van der Waals surface area contributed by atoms with Gasteiger partial charge < -0.3 is 0 Å². The molecular formula is C23H15Cl2N3OS. The van der Waals surface area contributed by atoms with Gasteiger partial charge in [-0.15, -0.1) is 11.3 Å². The van der Waals surface area contributed by atoms with Gasteiger partial charge in [0.25, 0.3) is 5.56 Å². The standard InChI is InChI=1S/C23H15Cl2N3OS/c24-15-6-8-19(25)17(11-15)18-13-30-21-12-26-28(23(29)22(18)21)10-9-16-7-5-14-3-1-2-4-20(14)27-16/h1-8,11-13H,9-10H2. The first-order chi connectivity index (χ1) is 14.6. The molecule has 0 aliphatic carbocycles. The zero-order chi connectivity index (χ0) is 20.7. The molecule has 0 radical (unpaired) electrons. The molecule has 0 aliphatic rings. The molecule has 0 aliphatic heterocycles. The summed E-state index contributed by atoms with van der Waals surface area (Å²) in [6.45, 7) is 0.443. The van der Waals surface area contributed by atoms with E-state index in [1.165, 1.54) is 16.0 Å². The number of aromatic nitrogens is 3. The van der Waals surface area contributed by atoms with Crippen LogP contribution in [0.3, 0.4) is 0 Å². The van der Waals surface area contributed by atoms with Crippen LogP contribution < -0.4 is 5.56 Å². The zero-order valence-electron chi connectivity index (χ0n) is 15.7. The van der Waals surface area contributed by atoms with Crippen molar-refractivity contribution in [1.82, 2.24) is 14.8 Å². The highest BCUT2D eigenvalue weighted by atomic mass is 35.5. The molecule has 3 heterocycles. The Morgan fingerprint density at radius 3 is 2.77 bits per heavy atom. The Balaban J connectivity index is 1.51. The minimum absolute atomic E-state index is 0.138. The minimum atomic E-state index is -0.138. The van der Waals surface area contributed by atoms with Crippen LogP contribution in [0, 0.1) is 0 Å². The fourth-order valence-electron chi connectivity index (χ4n) is 3.52. The molecule has 0 saturated carbocycles. The number of para-hydroxylation sites is 1. The molecule has 0 bridgehead atoms. The molecule has 0 N–H and O–H groups in total. The molecule has 2 aromatic carbocycles. The van der Waals surface area contributed by atoms with Crippen molar-refractivity contribution < 1.29 is 0 Å². The number of rotatable bonds is 4. The van der Waals surface area contributed by atoms with Gasteiger partial charge in [0, 0.05) is 44.1 Å². The summed E-state index contributed by atoms with van der Waals surface area (Å²) in [5.41, 5.74) is 3.27. The van der Waals surface area contributed by atoms with E-state index >= 15 is 0 Å². The second kappa shape index (κ2) is 7.84. The van der Waals surface area contributed by atoms with Gasteiger partial charge in [-0.05, 0) is 30.3 Å². The van der Waals surface area contributed by atoms with Crippen LogP contribution in [0.5, 0.6) is 0 Å². The van der Waals surface area contributed by atoms with Gasteiger partial charge in [-0.25, -0.2) is 4.68 Å². The fourth-order valence-corrected chi connectivity index (χ4v) is 4.83. The second-order valence-electron chi connectivity index (χ2n) is 6.93. The third-order valence-corrected chi connectivity index (χ3v) is 6.52. The quantitative estimate of drug-likeness (QED) is 0.325. The maximum absolute atomic E-state index is 13.2. The Kier molecular flexibility index (Phi) is 5.03. The van der Waals surface area contributed by atoms with Crippen LogP contribution >= 0.6 is 34.5 Å². The summed E-state index contributed by atoms with van der Waals surface area (Å²) in [6.07, 6.45) is 2.35. The molecule has 0 unspecified atom stereocenters. The number of hydrogen-bond donors (Lipinski definition) is 0. The number of hydrogen-bond acceptors (Lipinski definition) is 4. The van der Waals surface area contributed by atoms with Crippen molar-refractivity contribution in [2.45, 2.75) is 13.0 Å². The number of pyridine rings is 1. The predicted octanol–water partition coefficient (Wildman–Crippen LogP) is 6.22. The first-order valence-corrected chi connectivity index (χ1v) is 11.0. The molecule has 0 atom stereocenters. The molecule has 3 aromatic heterocycles. The van der Waals surface area contributed by atoms with E-state index in [1.54, 1.807) is 24.4 Å². The molecule has 5 rings (SSSR count). The molecule has 4 nitrogen and oxygen atoms in total. The molecule has 5 aromatic rings. The topological polar surface area (TPSA) is 47.8 Å². The summed E-state index contributed by atoms with van der Waals surface area (Å²) in [7, 11) is 0. The molecule has 148 valence electrons. The maximum Gasteiger partial charge on any atom is 0.276 e. The van der Waals surface area contributed by atoms with Gasteiger partial charge in [0.05, 0.1) is 28.3 Å². The predicted molar refractivity (Wildman–Crippen MR) is 125 cm³/mol. The van der Waals surface area contributed by atoms with E-state index in [0.29, 0.717) is 28.4 Å². The molecule has 0 fully saturated rings. The summed E-state index contributed by atoms with van der Waals surface area (Å²) >= 11 is 14.0. The molecule has 0 spiro atoms. The van der Waals surface area contributed by atoms with E-state index in [4.69, 9.17) is 23.2 Å². The van der Waals surface area contributed by atoms with Crippen molar-refractivity contribution in [1.29, 1.82) is 0 Å². The third-order valence-electron chi connectivity index (χ3n) is 5.04. The summed E-state index contributed by atoms with van der Waals surface area (Å²) in [4.78, 5) is 17.9. The van der Waals surface area contributed by atoms with Crippen LogP contribution in [-0.2, 0) is 13.0 Å². The molecule has 0 saturated heterocycles. The van der Waals surface area contributed by atoms with Crippen LogP contribution in [-0.4, -0.2) is 14.8 Å². The van der Waals surface area contributed by atoms with Crippen molar-refractivity contribution in [2.75, 3.05) is 0 Å². The van der Waals surface area contributed by atoms with E-state index in [9.17, 15) is 4.79 Å². The van der Waals surface area contributed by atoms with Crippen LogP contribution in [0.2, 0.25) is 10.0 Å². The van der Waals surface area contributed by atoms with E-state index in [2.05, 4.69) is 16.1 Å². The maximum atomic E-state index is 13.2. The van der Waals surface area contributed by atoms with Crippen molar-refractivity contribution in [3.63, 3.8) is 0 Å². The van der Waals surface area contributed by atoms with E-state index in [-0.39, 0.29) is 5.56 Å². The summed E-state index contributed by atoms with van der Waals surface area (Å²) in [5, 5.41) is 9.13. The van der Waals surface area contributed by atoms with Crippen LogP contribution in [0.15, 0.2) is 71.0 Å². The van der Waals surface area contributed by atoms with Crippen molar-refractivity contribution in [3.8, 4) is 11.1 Å². The second-order valence-corrected chi connectivity index (χ2v) is 8.69. The zero-order valence-corrected chi connectivity index (χ0v) is 18.0. The lowest BCUT2D eigenvalue weighted by Crippen LogP contribution is -2.23. The van der Waals surface area contributed by atoms with Crippen molar-refractivity contribution in [3.05, 3.63) is 92.3 Å². The largest absolute Gasteiger partial charge is 0.276 e. The highest BCUT2D eigenvalue weighted by Crippen LogP contribution is 2.36. The summed E-state index contributed by atoms with van der Waals surface area (Å²) < 4.78 is 2.32. The van der Waals surface area contributed by atoms with Crippen molar-refractivity contribution in [2.24, 2.45) is 0 Å². The lowest BCUT2D eigenvalue weighted by Gasteiger charge is -2.07. The van der Waals surface area contributed by atoms with Gasteiger partial charge in [-0.2, -0.15) is 5.10 Å². The molecule has 30 heavy (non-hydrogen) atoms. The summed E-state index contributed by atoms with van der Waals surface area (Å²) in [6, 6.07) is 17.3. The lowest BCUT2D eigenvalue weighted by molar-refractivity contribution is 0.580. The average Bonchev–Trinajstić information content (AvgIpc) is 3.19. The van der Waals surface area contributed by atoms with Gasteiger partial charge in [0.1, 0.15) is 0 Å². The van der Waals surface area contributed by atoms with E-state index in [0.717, 1.165) is 32.4 Å². The first kappa shape index (κ1) is 19.2. The number of halogens is 2. The third kappa shape index (κ3) is 3.49. The Bertz CT molecular complexity index is 1460. The Morgan fingerprint density at radius 2 is 1.87 bits per heavy atom. The highest BCUT2D eigenvalue weighted by molar-refractivity contribution is 7.17. The van der Waals surface area contributed by atoms with Crippen LogP contribution in [0.4, 0.5) is 0 Å². The fraction of sp³-hybridized carbons (Fsp3) is 0.0870. The molecule has 7 heteroatoms. The van der Waals surface area contributed by atoms with Gasteiger partial charge in [0.15, 0.2) is 0 Å². The normalized spacial score (nSPS) is 11.4. The number of nitrogens with zero attached hydrogens (tertiary/aromatic N) is 3. The Labute approximate surface area is 186 Å². The summed E-state index contributed by atoms with van der Waals surface area (Å²) in [5.74, 6) is 0. The first-order valence-electron chi connectivity index (χ1n) is 9.37. The SMILES string of the molecule is O=c1c2c(-c3cc(Cl)ccc3Cl)csc2cnn1CCc1ccc2ccccc2n1. The molecular weight excluding hydrogens is 437 g/mol. The minimum Gasteiger partial charge on any atom is -0.267 e. The smallest absolute Gasteiger partial charge is 0.267 e. The van der Waals surface area contributed by atoms with Gasteiger partial charge >= 0.3 is 0 Å². The van der Waals surface area contributed by atoms with Crippen molar-refractivity contribution >= 4 is 55.5 Å². The highest BCUT2D eigenvalue weighted by Gasteiger charge is 2.15. The monoisotopic (exact) mass is 451 g/mol. The Hall–Kier alpha value is -2.73. The average molecular weight is 452 g/mol. The number of thiophene rings is 1.